The first kappa shape index (κ1) is 13.0. The molecule has 5 nitrogen and oxygen atoms in total. The average Bonchev–Trinajstić information content (AvgIpc) is 2.30. The summed E-state index contributed by atoms with van der Waals surface area (Å²) in [7, 11) is 1.67. The molecule has 0 atom stereocenters. The number of hydrogen-bond acceptors (Lipinski definition) is 2. The lowest BCUT2D eigenvalue weighted by atomic mass is 10.1. The Morgan fingerprint density at radius 1 is 1.41 bits per heavy atom. The Balaban J connectivity index is 2.90. The number of nitrogens with one attached hydrogen (secondary N) is 1. The van der Waals surface area contributed by atoms with Gasteiger partial charge in [0.25, 0.3) is 0 Å². The lowest BCUT2D eigenvalue weighted by Crippen LogP contribution is -2.31. The molecule has 0 aliphatic carbocycles. The minimum atomic E-state index is -0.998. The van der Waals surface area contributed by atoms with Crippen LogP contribution in [-0.2, 0) is 0 Å². The summed E-state index contributed by atoms with van der Waals surface area (Å²) in [4.78, 5) is 24.0. The van der Waals surface area contributed by atoms with Gasteiger partial charge in [0, 0.05) is 19.3 Å². The van der Waals surface area contributed by atoms with Crippen molar-refractivity contribution >= 4 is 17.7 Å². The lowest BCUT2D eigenvalue weighted by molar-refractivity contribution is 0.0696. The van der Waals surface area contributed by atoms with Gasteiger partial charge in [-0.2, -0.15) is 0 Å². The Hall–Kier alpha value is -2.04. The number of nitrogens with zero attached hydrogens (tertiary/aromatic N) is 1. The third-order valence-electron chi connectivity index (χ3n) is 2.54. The van der Waals surface area contributed by atoms with Gasteiger partial charge >= 0.3 is 12.0 Å². The third kappa shape index (κ3) is 3.21. The Morgan fingerprint density at radius 3 is 2.59 bits per heavy atom. The van der Waals surface area contributed by atoms with Gasteiger partial charge in [0.15, 0.2) is 0 Å². The van der Waals surface area contributed by atoms with Gasteiger partial charge in [-0.3, -0.25) is 0 Å². The number of urea groups is 1. The van der Waals surface area contributed by atoms with E-state index in [1.54, 1.807) is 26.1 Å². The molecule has 0 saturated heterocycles. The van der Waals surface area contributed by atoms with Crippen LogP contribution in [0.4, 0.5) is 10.5 Å². The van der Waals surface area contributed by atoms with Crippen molar-refractivity contribution in [2.24, 2.45) is 0 Å². The summed E-state index contributed by atoms with van der Waals surface area (Å²) in [5, 5.41) is 11.6. The molecule has 0 aliphatic heterocycles. The van der Waals surface area contributed by atoms with Crippen LogP contribution in [0.25, 0.3) is 0 Å². The highest BCUT2D eigenvalue weighted by Gasteiger charge is 2.10. The molecule has 0 aromatic heterocycles. The van der Waals surface area contributed by atoms with Crippen molar-refractivity contribution < 1.29 is 14.7 Å². The second-order valence-corrected chi connectivity index (χ2v) is 3.78. The Morgan fingerprint density at radius 2 is 2.06 bits per heavy atom. The van der Waals surface area contributed by atoms with Crippen LogP contribution < -0.4 is 5.32 Å². The molecule has 92 valence electrons. The molecule has 17 heavy (non-hydrogen) atoms. The van der Waals surface area contributed by atoms with Crippen LogP contribution >= 0.6 is 0 Å². The summed E-state index contributed by atoms with van der Waals surface area (Å²) in [6.07, 6.45) is 0. The van der Waals surface area contributed by atoms with Gasteiger partial charge in [-0.05, 0) is 31.5 Å². The van der Waals surface area contributed by atoms with E-state index >= 15 is 0 Å². The van der Waals surface area contributed by atoms with E-state index in [1.165, 1.54) is 11.0 Å². The summed E-state index contributed by atoms with van der Waals surface area (Å²) in [5.74, 6) is -0.998. The zero-order valence-electron chi connectivity index (χ0n) is 10.2. The first-order valence-electron chi connectivity index (χ1n) is 5.31. The number of anilines is 1. The van der Waals surface area contributed by atoms with E-state index in [9.17, 15) is 9.59 Å². The molecule has 5 heteroatoms. The van der Waals surface area contributed by atoms with E-state index in [0.717, 1.165) is 0 Å². The molecular weight excluding hydrogens is 220 g/mol. The molecule has 0 radical (unpaired) electrons. The van der Waals surface area contributed by atoms with Crippen molar-refractivity contribution in [1.29, 1.82) is 0 Å². The largest absolute Gasteiger partial charge is 0.478 e. The van der Waals surface area contributed by atoms with Crippen molar-refractivity contribution in [3.8, 4) is 0 Å². The normalized spacial score (nSPS) is 9.82. The maximum atomic E-state index is 11.6. The number of hydrogen-bond donors (Lipinski definition) is 2. The van der Waals surface area contributed by atoms with Crippen LogP contribution in [0.3, 0.4) is 0 Å². The van der Waals surface area contributed by atoms with Crippen LogP contribution in [0.15, 0.2) is 18.2 Å². The van der Waals surface area contributed by atoms with E-state index in [4.69, 9.17) is 5.11 Å². The second-order valence-electron chi connectivity index (χ2n) is 3.78. The van der Waals surface area contributed by atoms with Gasteiger partial charge in [-0.25, -0.2) is 9.59 Å². The molecule has 0 unspecified atom stereocenters. The fourth-order valence-corrected chi connectivity index (χ4v) is 1.29. The minimum Gasteiger partial charge on any atom is -0.478 e. The minimum absolute atomic E-state index is 0.196. The van der Waals surface area contributed by atoms with Crippen LogP contribution in [0.1, 0.15) is 22.8 Å². The number of rotatable bonds is 3. The van der Waals surface area contributed by atoms with E-state index in [-0.39, 0.29) is 11.6 Å². The van der Waals surface area contributed by atoms with Gasteiger partial charge in [-0.1, -0.05) is 6.07 Å². The maximum absolute atomic E-state index is 11.6. The first-order chi connectivity index (χ1) is 7.95. The van der Waals surface area contributed by atoms with Crippen LogP contribution in [0.5, 0.6) is 0 Å². The third-order valence-corrected chi connectivity index (χ3v) is 2.54. The lowest BCUT2D eigenvalue weighted by Gasteiger charge is -2.16. The quantitative estimate of drug-likeness (QED) is 0.845. The van der Waals surface area contributed by atoms with E-state index in [2.05, 4.69) is 5.32 Å². The predicted octanol–water partition coefficient (Wildman–Crippen LogP) is 2.18. The highest BCUT2D eigenvalue weighted by atomic mass is 16.4. The Kier molecular flexibility index (Phi) is 4.09. The van der Waals surface area contributed by atoms with Crippen molar-refractivity contribution in [1.82, 2.24) is 4.90 Å². The van der Waals surface area contributed by atoms with Crippen molar-refractivity contribution in [3.05, 3.63) is 29.3 Å². The van der Waals surface area contributed by atoms with Crippen molar-refractivity contribution in [2.75, 3.05) is 18.9 Å². The standard InChI is InChI=1S/C12H16N2O3/c1-4-14(3)12(17)13-9-6-5-8(2)10(7-9)11(15)16/h5-7H,4H2,1-3H3,(H,13,17)(H,15,16). The van der Waals surface area contributed by atoms with Crippen molar-refractivity contribution in [2.45, 2.75) is 13.8 Å². The molecule has 0 bridgehead atoms. The smallest absolute Gasteiger partial charge is 0.336 e. The van der Waals surface area contributed by atoms with Crippen LogP contribution in [-0.4, -0.2) is 35.6 Å². The molecule has 0 heterocycles. The number of carboxylic acids is 1. The molecule has 0 saturated carbocycles. The Bertz CT molecular complexity index is 443. The number of aromatic carboxylic acids is 1. The predicted molar refractivity (Wildman–Crippen MR) is 65.5 cm³/mol. The fraction of sp³-hybridized carbons (Fsp3) is 0.333. The van der Waals surface area contributed by atoms with E-state index in [1.807, 2.05) is 6.92 Å². The number of carbonyl (C=O) groups is 2. The van der Waals surface area contributed by atoms with E-state index < -0.39 is 5.97 Å². The number of carbonyl (C=O) groups excluding carboxylic acids is 1. The highest BCUT2D eigenvalue weighted by Crippen LogP contribution is 2.15. The molecule has 1 aromatic carbocycles. The van der Waals surface area contributed by atoms with Crippen molar-refractivity contribution in [3.63, 3.8) is 0 Å². The highest BCUT2D eigenvalue weighted by molar-refractivity contribution is 5.94. The SMILES string of the molecule is CCN(C)C(=O)Nc1ccc(C)c(C(=O)O)c1. The monoisotopic (exact) mass is 236 g/mol. The average molecular weight is 236 g/mol. The van der Waals surface area contributed by atoms with Gasteiger partial charge < -0.3 is 15.3 Å². The van der Waals surface area contributed by atoms with Gasteiger partial charge in [0.2, 0.25) is 0 Å². The summed E-state index contributed by atoms with van der Waals surface area (Å²) in [5.41, 5.74) is 1.35. The molecule has 1 aromatic rings. The topological polar surface area (TPSA) is 69.6 Å². The number of aryl methyl sites for hydroxylation is 1. The van der Waals surface area contributed by atoms with E-state index in [0.29, 0.717) is 17.8 Å². The summed E-state index contributed by atoms with van der Waals surface area (Å²) < 4.78 is 0. The van der Waals surface area contributed by atoms with Gasteiger partial charge in [0.1, 0.15) is 0 Å². The molecule has 1 rings (SSSR count). The second kappa shape index (κ2) is 5.34. The molecule has 0 spiro atoms. The molecule has 2 N–H and O–H groups in total. The first-order valence-corrected chi connectivity index (χ1v) is 5.31. The molecule has 2 amide bonds. The summed E-state index contributed by atoms with van der Waals surface area (Å²) >= 11 is 0. The van der Waals surface area contributed by atoms with Gasteiger partial charge in [-0.15, -0.1) is 0 Å². The molecular formula is C12H16N2O3. The zero-order valence-corrected chi connectivity index (χ0v) is 10.2. The number of benzene rings is 1. The van der Waals surface area contributed by atoms with Gasteiger partial charge in [0.05, 0.1) is 5.56 Å². The Labute approximate surface area is 100 Å². The summed E-state index contributed by atoms with van der Waals surface area (Å²) in [6, 6.07) is 4.56. The molecule has 0 fully saturated rings. The van der Waals surface area contributed by atoms with Crippen LogP contribution in [0.2, 0.25) is 0 Å². The molecule has 0 aliphatic rings. The maximum Gasteiger partial charge on any atom is 0.336 e. The zero-order chi connectivity index (χ0) is 13.0. The fourth-order valence-electron chi connectivity index (χ4n) is 1.29. The van der Waals surface area contributed by atoms with Crippen LogP contribution in [0, 0.1) is 6.92 Å². The number of carboxylic acid groups (broad SMARTS) is 1. The number of amides is 2. The summed E-state index contributed by atoms with van der Waals surface area (Å²) in [6.45, 7) is 4.16.